The Balaban J connectivity index is 1.55. The number of hydrogen-bond acceptors (Lipinski definition) is 9. The van der Waals surface area contributed by atoms with Crippen molar-refractivity contribution in [3.63, 3.8) is 0 Å². The molecule has 0 aliphatic carbocycles. The van der Waals surface area contributed by atoms with Crippen LogP contribution in [0.1, 0.15) is 40.5 Å². The number of anilines is 1. The van der Waals surface area contributed by atoms with E-state index in [1.165, 1.54) is 0 Å². The third kappa shape index (κ3) is 7.08. The van der Waals surface area contributed by atoms with Crippen LogP contribution in [-0.2, 0) is 0 Å². The smallest absolute Gasteiger partial charge is 0.349 e. The van der Waals surface area contributed by atoms with Crippen LogP contribution >= 0.6 is 0 Å². The number of rotatable bonds is 15. The van der Waals surface area contributed by atoms with Gasteiger partial charge in [0.25, 0.3) is 0 Å². The van der Waals surface area contributed by atoms with Crippen molar-refractivity contribution in [2.24, 2.45) is 0 Å². The summed E-state index contributed by atoms with van der Waals surface area (Å²) in [6, 6.07) is 13.1. The van der Waals surface area contributed by atoms with Gasteiger partial charge in [-0.2, -0.15) is 0 Å². The molecule has 0 radical (unpaired) electrons. The van der Waals surface area contributed by atoms with Gasteiger partial charge in [0.1, 0.15) is 28.3 Å². The second-order valence-corrected chi connectivity index (χ2v) is 9.69. The quantitative estimate of drug-likeness (QED) is 0.122. The van der Waals surface area contributed by atoms with E-state index in [0.717, 1.165) is 63.4 Å². The van der Waals surface area contributed by atoms with Crippen LogP contribution < -0.4 is 20.8 Å². The average Bonchev–Trinajstić information content (AvgIpc) is 2.97. The summed E-state index contributed by atoms with van der Waals surface area (Å²) in [6.07, 6.45) is 1.85. The Labute approximate surface area is 235 Å². The average molecular weight is 548 g/mol. The van der Waals surface area contributed by atoms with Gasteiger partial charge >= 0.3 is 5.63 Å². The van der Waals surface area contributed by atoms with Crippen molar-refractivity contribution < 1.29 is 13.9 Å². The Morgan fingerprint density at radius 3 is 2.08 bits per heavy atom. The molecule has 4 aromatic rings. The summed E-state index contributed by atoms with van der Waals surface area (Å²) >= 11 is 0. The van der Waals surface area contributed by atoms with Crippen LogP contribution in [-0.4, -0.2) is 72.3 Å². The van der Waals surface area contributed by atoms with Crippen molar-refractivity contribution in [2.45, 2.75) is 40.5 Å². The molecule has 9 nitrogen and oxygen atoms in total. The van der Waals surface area contributed by atoms with Gasteiger partial charge in [-0.1, -0.05) is 39.8 Å². The van der Waals surface area contributed by atoms with E-state index in [1.807, 2.05) is 36.4 Å². The summed E-state index contributed by atoms with van der Waals surface area (Å²) in [7, 11) is 0. The molecule has 2 heterocycles. The Kier molecular flexibility index (Phi) is 10.3. The molecule has 4 rings (SSSR count). The molecule has 0 saturated heterocycles. The fraction of sp³-hybridized carbons (Fsp3) is 0.452. The molecule has 0 saturated carbocycles. The lowest BCUT2D eigenvalue weighted by Gasteiger charge is -2.17. The first-order chi connectivity index (χ1) is 19.5. The number of benzene rings is 2. The van der Waals surface area contributed by atoms with Crippen LogP contribution in [0.15, 0.2) is 51.7 Å². The zero-order chi connectivity index (χ0) is 28.5. The van der Waals surface area contributed by atoms with E-state index >= 15 is 0 Å². The summed E-state index contributed by atoms with van der Waals surface area (Å²) in [5.74, 6) is 1.88. The van der Waals surface area contributed by atoms with Crippen molar-refractivity contribution in [2.75, 3.05) is 58.2 Å². The lowest BCUT2D eigenvalue weighted by atomic mass is 10.1. The number of nitrogens with two attached hydrogens (primary N) is 1. The highest BCUT2D eigenvalue weighted by Crippen LogP contribution is 2.30. The minimum Gasteiger partial charge on any atom is -0.494 e. The van der Waals surface area contributed by atoms with E-state index in [1.54, 1.807) is 6.07 Å². The highest BCUT2D eigenvalue weighted by atomic mass is 16.5. The van der Waals surface area contributed by atoms with E-state index in [9.17, 15) is 4.79 Å². The summed E-state index contributed by atoms with van der Waals surface area (Å²) in [5.41, 5.74) is 7.29. The molecule has 40 heavy (non-hydrogen) atoms. The first-order valence-electron chi connectivity index (χ1n) is 14.3. The molecule has 0 aliphatic heterocycles. The fourth-order valence-electron chi connectivity index (χ4n) is 4.79. The monoisotopic (exact) mass is 547 g/mol. The second kappa shape index (κ2) is 14.1. The van der Waals surface area contributed by atoms with Crippen molar-refractivity contribution in [1.29, 1.82) is 0 Å². The van der Waals surface area contributed by atoms with Gasteiger partial charge < -0.3 is 29.4 Å². The Hall–Kier alpha value is -3.69. The van der Waals surface area contributed by atoms with Gasteiger partial charge in [-0.15, -0.1) is 0 Å². The molecule has 0 aliphatic rings. The fourth-order valence-corrected chi connectivity index (χ4v) is 4.79. The number of fused-ring (bicyclic) bond motifs is 3. The van der Waals surface area contributed by atoms with Crippen LogP contribution in [0.4, 0.5) is 5.82 Å². The minimum absolute atomic E-state index is 0.0814. The van der Waals surface area contributed by atoms with Crippen LogP contribution in [0.3, 0.4) is 0 Å². The summed E-state index contributed by atoms with van der Waals surface area (Å²) in [5, 5.41) is 0.845. The van der Waals surface area contributed by atoms with Gasteiger partial charge in [0.2, 0.25) is 0 Å². The van der Waals surface area contributed by atoms with E-state index in [0.29, 0.717) is 41.3 Å². The maximum atomic E-state index is 12.9. The number of hydrogen-bond donors (Lipinski definition) is 1. The van der Waals surface area contributed by atoms with E-state index in [-0.39, 0.29) is 11.2 Å². The minimum atomic E-state index is -0.574. The lowest BCUT2D eigenvalue weighted by molar-refractivity contribution is 0.249. The number of nitrogen functional groups attached to an aromatic ring is 1. The predicted octanol–water partition coefficient (Wildman–Crippen LogP) is 5.21. The van der Waals surface area contributed by atoms with Gasteiger partial charge in [0.15, 0.2) is 5.82 Å². The molecule has 9 heteroatoms. The third-order valence-electron chi connectivity index (χ3n) is 7.21. The maximum absolute atomic E-state index is 12.9. The van der Waals surface area contributed by atoms with Gasteiger partial charge in [-0.05, 0) is 63.3 Å². The largest absolute Gasteiger partial charge is 0.494 e. The van der Waals surface area contributed by atoms with E-state index < -0.39 is 5.63 Å². The second-order valence-electron chi connectivity index (χ2n) is 9.69. The lowest BCUT2D eigenvalue weighted by Crippen LogP contribution is -2.25. The zero-order valence-electron chi connectivity index (χ0n) is 24.1. The molecule has 2 N–H and O–H groups in total. The molecule has 2 aromatic carbocycles. The maximum Gasteiger partial charge on any atom is 0.349 e. The molecule has 0 atom stereocenters. The van der Waals surface area contributed by atoms with Crippen molar-refractivity contribution in [1.82, 2.24) is 19.8 Å². The predicted molar refractivity (Wildman–Crippen MR) is 161 cm³/mol. The number of aromatic nitrogens is 2. The van der Waals surface area contributed by atoms with Crippen molar-refractivity contribution in [3.8, 4) is 22.9 Å². The van der Waals surface area contributed by atoms with Gasteiger partial charge in [-0.3, -0.25) is 0 Å². The Morgan fingerprint density at radius 1 is 0.825 bits per heavy atom. The highest BCUT2D eigenvalue weighted by Gasteiger charge is 2.16. The van der Waals surface area contributed by atoms with E-state index in [2.05, 4.69) is 42.5 Å². The van der Waals surface area contributed by atoms with Crippen LogP contribution in [0.25, 0.3) is 33.3 Å². The summed E-state index contributed by atoms with van der Waals surface area (Å²) in [6.45, 7) is 15.9. The van der Waals surface area contributed by atoms with Crippen LogP contribution in [0.2, 0.25) is 0 Å². The number of ether oxygens (including phenoxy) is 2. The van der Waals surface area contributed by atoms with Crippen molar-refractivity contribution in [3.05, 3.63) is 52.9 Å². The molecular formula is C31H41N5O4. The zero-order valence-corrected chi connectivity index (χ0v) is 24.1. The highest BCUT2D eigenvalue weighted by molar-refractivity contribution is 6.05. The number of nitrogens with zero attached hydrogens (tertiary/aromatic N) is 4. The molecular weight excluding hydrogens is 506 g/mol. The molecule has 0 amide bonds. The molecule has 0 bridgehead atoms. The Morgan fingerprint density at radius 2 is 1.45 bits per heavy atom. The Bertz CT molecular complexity index is 1460. The van der Waals surface area contributed by atoms with Gasteiger partial charge in [0, 0.05) is 30.1 Å². The van der Waals surface area contributed by atoms with Gasteiger partial charge in [-0.25, -0.2) is 14.8 Å². The standard InChI is InChI=1S/C31H41N5O4/c1-5-35(6-2)16-10-18-38-23-13-9-12-22(20-23)30-33-28-25-15-14-24(39-19-11-17-36(7-3)8-4)21-26(25)40-31(37)27(28)29(32)34-30/h9,12-15,20-21H,5-8,10-11,16-19H2,1-4H3,(H2,32,33,34). The van der Waals surface area contributed by atoms with E-state index in [4.69, 9.17) is 24.6 Å². The first-order valence-corrected chi connectivity index (χ1v) is 14.3. The molecule has 0 spiro atoms. The normalized spacial score (nSPS) is 11.7. The van der Waals surface area contributed by atoms with Gasteiger partial charge in [0.05, 0.1) is 18.7 Å². The summed E-state index contributed by atoms with van der Waals surface area (Å²) in [4.78, 5) is 26.8. The third-order valence-corrected chi connectivity index (χ3v) is 7.21. The topological polar surface area (TPSA) is 107 Å². The molecule has 214 valence electrons. The summed E-state index contributed by atoms with van der Waals surface area (Å²) < 4.78 is 17.5. The molecule has 0 fully saturated rings. The van der Waals surface area contributed by atoms with Crippen LogP contribution in [0.5, 0.6) is 11.5 Å². The SMILES string of the molecule is CCN(CC)CCCOc1cccc(-c2nc(N)c3c(=O)oc4cc(OCCCN(CC)CC)ccc4c3n2)c1. The first kappa shape index (κ1) is 29.3. The molecule has 2 aromatic heterocycles. The van der Waals surface area contributed by atoms with Crippen LogP contribution in [0, 0.1) is 0 Å². The van der Waals surface area contributed by atoms with Crippen molar-refractivity contribution >= 4 is 27.7 Å². The molecule has 0 unspecified atom stereocenters.